The Morgan fingerprint density at radius 3 is 2.03 bits per heavy atom. The zero-order chi connectivity index (χ0) is 22.6. The summed E-state index contributed by atoms with van der Waals surface area (Å²) in [5.74, 6) is 1.14. The molecule has 5 rings (SSSR count). The molecule has 0 aliphatic carbocycles. The Morgan fingerprint density at radius 2 is 1.39 bits per heavy atom. The molecule has 2 N–H and O–H groups in total. The highest BCUT2D eigenvalue weighted by atomic mass is 16.5. The minimum absolute atomic E-state index is 0.341. The number of benzene rings is 3. The monoisotopic (exact) mass is 435 g/mol. The summed E-state index contributed by atoms with van der Waals surface area (Å²) in [6.45, 7) is 1.73. The minimum Gasteiger partial charge on any atom is -0.360 e. The van der Waals surface area contributed by atoms with Gasteiger partial charge in [0, 0.05) is 23.0 Å². The van der Waals surface area contributed by atoms with E-state index in [9.17, 15) is 4.79 Å². The zero-order valence-corrected chi connectivity index (χ0v) is 17.9. The molecule has 0 saturated carbocycles. The van der Waals surface area contributed by atoms with Crippen molar-refractivity contribution in [2.45, 2.75) is 6.92 Å². The van der Waals surface area contributed by atoms with Crippen LogP contribution in [0.25, 0.3) is 11.3 Å². The van der Waals surface area contributed by atoms with Crippen molar-refractivity contribution in [2.24, 2.45) is 0 Å². The normalized spacial score (nSPS) is 10.7. The zero-order valence-electron chi connectivity index (χ0n) is 17.9. The summed E-state index contributed by atoms with van der Waals surface area (Å²) in [5, 5.41) is 15.2. The molecule has 7 heteroatoms. The van der Waals surface area contributed by atoms with Crippen molar-refractivity contribution in [2.75, 3.05) is 10.6 Å². The van der Waals surface area contributed by atoms with Gasteiger partial charge in [0.05, 0.1) is 0 Å². The Bertz CT molecular complexity index is 1380. The van der Waals surface area contributed by atoms with Crippen LogP contribution in [-0.2, 0) is 0 Å². The van der Waals surface area contributed by atoms with Crippen LogP contribution >= 0.6 is 0 Å². The number of rotatable bonds is 6. The summed E-state index contributed by atoms with van der Waals surface area (Å²) >= 11 is 0. The molecule has 7 nitrogen and oxygen atoms in total. The van der Waals surface area contributed by atoms with E-state index in [0.29, 0.717) is 28.7 Å². The molecule has 0 amide bonds. The quantitative estimate of drug-likeness (QED) is 0.339. The molecule has 0 aliphatic heterocycles. The highest BCUT2D eigenvalue weighted by molar-refractivity contribution is 6.03. The van der Waals surface area contributed by atoms with E-state index >= 15 is 0 Å². The lowest BCUT2D eigenvalue weighted by molar-refractivity contribution is 0.0947. The first-order valence-electron chi connectivity index (χ1n) is 10.5. The fourth-order valence-electron chi connectivity index (χ4n) is 3.55. The van der Waals surface area contributed by atoms with Gasteiger partial charge < -0.3 is 15.2 Å². The molecule has 0 unspecified atom stereocenters. The summed E-state index contributed by atoms with van der Waals surface area (Å²) in [6.07, 6.45) is 0. The largest absolute Gasteiger partial charge is 0.360 e. The third kappa shape index (κ3) is 4.24. The molecular weight excluding hydrogens is 414 g/mol. The summed E-state index contributed by atoms with van der Waals surface area (Å²) in [4.78, 5) is 13.7. The van der Waals surface area contributed by atoms with Crippen molar-refractivity contribution in [1.82, 2.24) is 14.9 Å². The van der Waals surface area contributed by atoms with Crippen molar-refractivity contribution in [1.29, 1.82) is 0 Å². The van der Waals surface area contributed by atoms with Gasteiger partial charge in [-0.3, -0.25) is 4.79 Å². The van der Waals surface area contributed by atoms with Gasteiger partial charge in [-0.25, -0.2) is 0 Å². The molecule has 0 spiro atoms. The van der Waals surface area contributed by atoms with Crippen LogP contribution in [0.2, 0.25) is 0 Å². The van der Waals surface area contributed by atoms with Crippen LogP contribution in [0.15, 0.2) is 102 Å². The fraction of sp³-hybridized carbons (Fsp3) is 0.0385. The first-order valence-corrected chi connectivity index (χ1v) is 10.5. The molecule has 2 aromatic heterocycles. The third-order valence-electron chi connectivity index (χ3n) is 5.12. The molecule has 2 heterocycles. The van der Waals surface area contributed by atoms with E-state index in [2.05, 4.69) is 20.9 Å². The van der Waals surface area contributed by atoms with Gasteiger partial charge in [0.15, 0.2) is 5.82 Å². The second-order valence-electron chi connectivity index (χ2n) is 7.44. The Hall–Kier alpha value is -4.65. The first-order chi connectivity index (χ1) is 16.2. The van der Waals surface area contributed by atoms with Gasteiger partial charge in [0.2, 0.25) is 0 Å². The Morgan fingerprint density at radius 1 is 0.818 bits per heavy atom. The smallest absolute Gasteiger partial charge is 0.286 e. The molecule has 5 aromatic rings. The number of nitrogens with zero attached hydrogens (tertiary/aromatic N) is 3. The van der Waals surface area contributed by atoms with Crippen LogP contribution in [0.1, 0.15) is 16.1 Å². The van der Waals surface area contributed by atoms with E-state index in [1.807, 2.05) is 91.0 Å². The number of nitrogens with one attached hydrogen (secondary N) is 2. The van der Waals surface area contributed by atoms with Crippen molar-refractivity contribution in [3.05, 3.63) is 108 Å². The van der Waals surface area contributed by atoms with Crippen LogP contribution in [0.3, 0.4) is 0 Å². The van der Waals surface area contributed by atoms with Crippen molar-refractivity contribution < 1.29 is 9.32 Å². The van der Waals surface area contributed by atoms with Crippen LogP contribution in [0, 0.1) is 6.92 Å². The van der Waals surface area contributed by atoms with Gasteiger partial charge in [-0.2, -0.15) is 4.68 Å². The van der Waals surface area contributed by atoms with Gasteiger partial charge in [-0.15, -0.1) is 5.10 Å². The molecule has 0 bridgehead atoms. The van der Waals surface area contributed by atoms with E-state index in [1.165, 1.54) is 4.68 Å². The minimum atomic E-state index is -0.341. The average molecular weight is 435 g/mol. The van der Waals surface area contributed by atoms with E-state index < -0.39 is 0 Å². The lowest BCUT2D eigenvalue weighted by atomic mass is 10.1. The molecule has 0 fully saturated rings. The molecule has 0 atom stereocenters. The van der Waals surface area contributed by atoms with Crippen molar-refractivity contribution in [3.63, 3.8) is 0 Å². The summed E-state index contributed by atoms with van der Waals surface area (Å²) in [5.41, 5.74) is 3.35. The predicted molar refractivity (Wildman–Crippen MR) is 128 cm³/mol. The molecule has 3 aromatic carbocycles. The summed E-state index contributed by atoms with van der Waals surface area (Å²) in [6, 6.07) is 30.6. The molecular formula is C26H21N5O2. The van der Waals surface area contributed by atoms with Crippen LogP contribution < -0.4 is 10.6 Å². The Balaban J connectivity index is 1.56. The standard InChI is InChI=1S/C26H21N5O2/c1-18-24(25(30-33-18)19-11-5-2-6-12-19)26(32)31-23(28-21-15-9-4-10-16-21)17-22(29-31)27-20-13-7-3-8-14-20/h2-17,28H,1H3,(H,27,29). The first kappa shape index (κ1) is 20.3. The van der Waals surface area contributed by atoms with Crippen LogP contribution in [0.4, 0.5) is 23.0 Å². The lowest BCUT2D eigenvalue weighted by Gasteiger charge is -2.09. The number of anilines is 4. The van der Waals surface area contributed by atoms with Crippen molar-refractivity contribution in [3.8, 4) is 11.3 Å². The average Bonchev–Trinajstić information content (AvgIpc) is 3.43. The number of hydrogen-bond acceptors (Lipinski definition) is 6. The van der Waals surface area contributed by atoms with Crippen molar-refractivity contribution >= 4 is 28.9 Å². The Labute approximate surface area is 190 Å². The number of carbonyl (C=O) groups is 1. The van der Waals surface area contributed by atoms with Gasteiger partial charge in [-0.05, 0) is 31.2 Å². The van der Waals surface area contributed by atoms with Gasteiger partial charge in [-0.1, -0.05) is 71.9 Å². The molecule has 0 radical (unpaired) electrons. The predicted octanol–water partition coefficient (Wildman–Crippen LogP) is 6.02. The molecule has 33 heavy (non-hydrogen) atoms. The van der Waals surface area contributed by atoms with Gasteiger partial charge in [0.1, 0.15) is 22.8 Å². The lowest BCUT2D eigenvalue weighted by Crippen LogP contribution is -2.17. The maximum Gasteiger partial charge on any atom is 0.286 e. The highest BCUT2D eigenvalue weighted by Crippen LogP contribution is 2.29. The second kappa shape index (κ2) is 8.84. The number of hydrogen-bond donors (Lipinski definition) is 2. The maximum absolute atomic E-state index is 13.7. The van der Waals surface area contributed by atoms with E-state index in [1.54, 1.807) is 13.0 Å². The van der Waals surface area contributed by atoms with Gasteiger partial charge >= 0.3 is 0 Å². The van der Waals surface area contributed by atoms with E-state index in [0.717, 1.165) is 16.9 Å². The Kier molecular flexibility index (Phi) is 5.43. The SMILES string of the molecule is Cc1onc(-c2ccccc2)c1C(=O)n1nc(Nc2ccccc2)cc1Nc1ccccc1. The van der Waals surface area contributed by atoms with Crippen LogP contribution in [0.5, 0.6) is 0 Å². The molecule has 162 valence electrons. The van der Waals surface area contributed by atoms with Gasteiger partial charge in [0.25, 0.3) is 5.91 Å². The second-order valence-corrected chi connectivity index (χ2v) is 7.44. The summed E-state index contributed by atoms with van der Waals surface area (Å²) in [7, 11) is 0. The third-order valence-corrected chi connectivity index (χ3v) is 5.12. The van der Waals surface area contributed by atoms with E-state index in [4.69, 9.17) is 4.52 Å². The fourth-order valence-corrected chi connectivity index (χ4v) is 3.55. The highest BCUT2D eigenvalue weighted by Gasteiger charge is 2.26. The van der Waals surface area contributed by atoms with E-state index in [-0.39, 0.29) is 5.91 Å². The molecule has 0 saturated heterocycles. The topological polar surface area (TPSA) is 85.0 Å². The number of aromatic nitrogens is 3. The summed E-state index contributed by atoms with van der Waals surface area (Å²) < 4.78 is 6.74. The number of aryl methyl sites for hydroxylation is 1. The number of carbonyl (C=O) groups excluding carboxylic acids is 1. The van der Waals surface area contributed by atoms with Crippen LogP contribution in [-0.4, -0.2) is 20.8 Å². The molecule has 0 aliphatic rings. The number of para-hydroxylation sites is 2. The maximum atomic E-state index is 13.7.